The van der Waals surface area contributed by atoms with Crippen LogP contribution in [0.5, 0.6) is 5.75 Å². The van der Waals surface area contributed by atoms with Crippen molar-refractivity contribution in [1.29, 1.82) is 0 Å². The van der Waals surface area contributed by atoms with E-state index in [2.05, 4.69) is 11.4 Å². The fourth-order valence-electron chi connectivity index (χ4n) is 5.05. The number of nitrogens with zero attached hydrogens (tertiary/aromatic N) is 1. The Labute approximate surface area is 162 Å². The molecule has 0 aromatic heterocycles. The first kappa shape index (κ1) is 18.8. The lowest BCUT2D eigenvalue weighted by atomic mass is 9.89. The zero-order valence-corrected chi connectivity index (χ0v) is 16.4. The SMILES string of the molecule is COc1ccccc1CN(CC1CCCO1)C(=O)CC1CC2CCC(C1)N2. The Morgan fingerprint density at radius 1 is 1.22 bits per heavy atom. The van der Waals surface area contributed by atoms with Crippen molar-refractivity contribution in [3.8, 4) is 5.75 Å². The highest BCUT2D eigenvalue weighted by Crippen LogP contribution is 2.33. The summed E-state index contributed by atoms with van der Waals surface area (Å²) in [6, 6.07) is 9.26. The second kappa shape index (κ2) is 8.61. The highest BCUT2D eigenvalue weighted by atomic mass is 16.5. The van der Waals surface area contributed by atoms with Gasteiger partial charge in [-0.2, -0.15) is 0 Å². The van der Waals surface area contributed by atoms with Gasteiger partial charge in [0, 0.05) is 43.8 Å². The number of nitrogens with one attached hydrogen (secondary N) is 1. The van der Waals surface area contributed by atoms with Gasteiger partial charge in [-0.3, -0.25) is 4.79 Å². The van der Waals surface area contributed by atoms with Crippen molar-refractivity contribution in [1.82, 2.24) is 10.2 Å². The number of piperidine rings is 1. The summed E-state index contributed by atoms with van der Waals surface area (Å²) in [4.78, 5) is 15.3. The molecule has 3 aliphatic heterocycles. The summed E-state index contributed by atoms with van der Waals surface area (Å²) >= 11 is 0. The van der Waals surface area contributed by atoms with Gasteiger partial charge >= 0.3 is 0 Å². The van der Waals surface area contributed by atoms with Gasteiger partial charge in [-0.25, -0.2) is 0 Å². The van der Waals surface area contributed by atoms with Crippen LogP contribution in [0, 0.1) is 5.92 Å². The highest BCUT2D eigenvalue weighted by Gasteiger charge is 2.35. The maximum atomic E-state index is 13.2. The molecule has 148 valence electrons. The molecular weight excluding hydrogens is 340 g/mol. The van der Waals surface area contributed by atoms with Gasteiger partial charge in [0.2, 0.25) is 5.91 Å². The van der Waals surface area contributed by atoms with Gasteiger partial charge in [-0.1, -0.05) is 18.2 Å². The second-order valence-electron chi connectivity index (χ2n) is 8.40. The number of hydrogen-bond donors (Lipinski definition) is 1. The quantitative estimate of drug-likeness (QED) is 0.799. The number of hydrogen-bond acceptors (Lipinski definition) is 4. The first-order valence-electron chi connectivity index (χ1n) is 10.5. The molecule has 3 saturated heterocycles. The summed E-state index contributed by atoms with van der Waals surface area (Å²) in [5.74, 6) is 1.63. The number of amides is 1. The summed E-state index contributed by atoms with van der Waals surface area (Å²) in [5, 5.41) is 3.67. The van der Waals surface area contributed by atoms with Crippen molar-refractivity contribution in [3.05, 3.63) is 29.8 Å². The molecule has 1 aromatic rings. The molecule has 0 saturated carbocycles. The molecule has 3 fully saturated rings. The van der Waals surface area contributed by atoms with E-state index >= 15 is 0 Å². The molecule has 27 heavy (non-hydrogen) atoms. The molecule has 3 unspecified atom stereocenters. The lowest BCUT2D eigenvalue weighted by Gasteiger charge is -2.32. The average molecular weight is 373 g/mol. The second-order valence-corrected chi connectivity index (χ2v) is 8.40. The van der Waals surface area contributed by atoms with Crippen LogP contribution in [0.1, 0.15) is 50.5 Å². The van der Waals surface area contributed by atoms with E-state index in [9.17, 15) is 4.79 Å². The van der Waals surface area contributed by atoms with E-state index in [0.717, 1.165) is 43.6 Å². The van der Waals surface area contributed by atoms with Gasteiger partial charge in [0.1, 0.15) is 5.75 Å². The third-order valence-corrected chi connectivity index (χ3v) is 6.39. The molecular formula is C22H32N2O3. The minimum atomic E-state index is 0.174. The average Bonchev–Trinajstić information content (AvgIpc) is 3.31. The Bertz CT molecular complexity index is 632. The van der Waals surface area contributed by atoms with Gasteiger partial charge in [-0.05, 0) is 50.5 Å². The van der Waals surface area contributed by atoms with Crippen molar-refractivity contribution < 1.29 is 14.3 Å². The molecule has 5 nitrogen and oxygen atoms in total. The standard InChI is InChI=1S/C22H32N2O3/c1-26-21-7-3-2-5-17(21)14-24(15-20-6-4-10-27-20)22(25)13-16-11-18-8-9-19(12-16)23-18/h2-3,5,7,16,18-20,23H,4,6,8-15H2,1H3. The third-order valence-electron chi connectivity index (χ3n) is 6.39. The molecule has 1 aromatic carbocycles. The van der Waals surface area contributed by atoms with Crippen LogP contribution in [-0.2, 0) is 16.1 Å². The van der Waals surface area contributed by atoms with Gasteiger partial charge < -0.3 is 19.7 Å². The van der Waals surface area contributed by atoms with E-state index in [1.54, 1.807) is 7.11 Å². The predicted octanol–water partition coefficient (Wildman–Crippen LogP) is 3.12. The number of rotatable bonds is 7. The molecule has 3 heterocycles. The number of ether oxygens (including phenoxy) is 2. The number of carbonyl (C=O) groups excluding carboxylic acids is 1. The van der Waals surface area contributed by atoms with Crippen LogP contribution in [0.15, 0.2) is 24.3 Å². The number of para-hydroxylation sites is 1. The van der Waals surface area contributed by atoms with Crippen LogP contribution >= 0.6 is 0 Å². The van der Waals surface area contributed by atoms with Crippen LogP contribution in [0.3, 0.4) is 0 Å². The zero-order chi connectivity index (χ0) is 18.6. The molecule has 4 rings (SSSR count). The Kier molecular flexibility index (Phi) is 5.98. The lowest BCUT2D eigenvalue weighted by molar-refractivity contribution is -0.134. The molecule has 0 spiro atoms. The van der Waals surface area contributed by atoms with Crippen molar-refractivity contribution in [3.63, 3.8) is 0 Å². The molecule has 1 N–H and O–H groups in total. The van der Waals surface area contributed by atoms with Crippen molar-refractivity contribution >= 4 is 5.91 Å². The van der Waals surface area contributed by atoms with Gasteiger partial charge in [0.05, 0.1) is 13.2 Å². The van der Waals surface area contributed by atoms with Crippen LogP contribution in [-0.4, -0.2) is 49.3 Å². The van der Waals surface area contributed by atoms with Gasteiger partial charge in [0.25, 0.3) is 0 Å². The number of carbonyl (C=O) groups is 1. The van der Waals surface area contributed by atoms with E-state index in [-0.39, 0.29) is 12.0 Å². The van der Waals surface area contributed by atoms with Crippen LogP contribution in [0.4, 0.5) is 0 Å². The van der Waals surface area contributed by atoms with E-state index < -0.39 is 0 Å². The lowest BCUT2D eigenvalue weighted by Crippen LogP contribution is -2.42. The van der Waals surface area contributed by atoms with E-state index in [4.69, 9.17) is 9.47 Å². The molecule has 2 bridgehead atoms. The summed E-state index contributed by atoms with van der Waals surface area (Å²) < 4.78 is 11.3. The fraction of sp³-hybridized carbons (Fsp3) is 0.682. The van der Waals surface area contributed by atoms with Crippen LogP contribution < -0.4 is 10.1 Å². The maximum absolute atomic E-state index is 13.2. The normalized spacial score (nSPS) is 29.7. The van der Waals surface area contributed by atoms with Crippen molar-refractivity contribution in [2.24, 2.45) is 5.92 Å². The fourth-order valence-corrected chi connectivity index (χ4v) is 5.05. The smallest absolute Gasteiger partial charge is 0.223 e. The predicted molar refractivity (Wildman–Crippen MR) is 105 cm³/mol. The number of benzene rings is 1. The van der Waals surface area contributed by atoms with Crippen molar-refractivity contribution in [2.75, 3.05) is 20.3 Å². The monoisotopic (exact) mass is 372 g/mol. The minimum Gasteiger partial charge on any atom is -0.496 e. The summed E-state index contributed by atoms with van der Waals surface area (Å²) in [5.41, 5.74) is 1.07. The Balaban J connectivity index is 1.44. The summed E-state index contributed by atoms with van der Waals surface area (Å²) in [7, 11) is 1.69. The van der Waals surface area contributed by atoms with E-state index in [0.29, 0.717) is 37.5 Å². The van der Waals surface area contributed by atoms with Gasteiger partial charge in [0.15, 0.2) is 0 Å². The maximum Gasteiger partial charge on any atom is 0.223 e. The highest BCUT2D eigenvalue weighted by molar-refractivity contribution is 5.76. The molecule has 1 amide bonds. The number of fused-ring (bicyclic) bond motifs is 2. The number of methoxy groups -OCH3 is 1. The Hall–Kier alpha value is -1.59. The third kappa shape index (κ3) is 4.64. The topological polar surface area (TPSA) is 50.8 Å². The van der Waals surface area contributed by atoms with Crippen LogP contribution in [0.25, 0.3) is 0 Å². The Morgan fingerprint density at radius 3 is 2.70 bits per heavy atom. The first-order valence-corrected chi connectivity index (χ1v) is 10.5. The van der Waals surface area contributed by atoms with Crippen molar-refractivity contribution in [2.45, 2.75) is 69.7 Å². The first-order chi connectivity index (χ1) is 13.2. The minimum absolute atomic E-state index is 0.174. The molecule has 5 heteroatoms. The molecule has 3 atom stereocenters. The zero-order valence-electron chi connectivity index (χ0n) is 16.4. The largest absolute Gasteiger partial charge is 0.496 e. The summed E-state index contributed by atoms with van der Waals surface area (Å²) in [6.07, 6.45) is 7.82. The summed E-state index contributed by atoms with van der Waals surface area (Å²) in [6.45, 7) is 2.11. The molecule has 0 aliphatic carbocycles. The van der Waals surface area contributed by atoms with E-state index in [1.807, 2.05) is 23.1 Å². The van der Waals surface area contributed by atoms with Crippen LogP contribution in [0.2, 0.25) is 0 Å². The molecule has 3 aliphatic rings. The Morgan fingerprint density at radius 2 is 2.00 bits per heavy atom. The van der Waals surface area contributed by atoms with Gasteiger partial charge in [-0.15, -0.1) is 0 Å². The molecule has 0 radical (unpaired) electrons. The van der Waals surface area contributed by atoms with E-state index in [1.165, 1.54) is 12.8 Å².